The summed E-state index contributed by atoms with van der Waals surface area (Å²) < 4.78 is 14.0. The molecule has 1 unspecified atom stereocenters. The van der Waals surface area contributed by atoms with Crippen LogP contribution in [0.3, 0.4) is 0 Å². The fourth-order valence-corrected chi connectivity index (χ4v) is 3.28. The summed E-state index contributed by atoms with van der Waals surface area (Å²) >= 11 is 1.60. The molecule has 0 N–H and O–H groups in total. The number of fused-ring (bicyclic) bond motifs is 1. The van der Waals surface area contributed by atoms with Crippen LogP contribution >= 0.6 is 11.8 Å². The highest BCUT2D eigenvalue weighted by molar-refractivity contribution is 8.16. The molecule has 0 aliphatic carbocycles. The quantitative estimate of drug-likeness (QED) is 0.765. The van der Waals surface area contributed by atoms with E-state index in [1.54, 1.807) is 17.8 Å². The number of nitrogens with zero attached hydrogens (tertiary/aromatic N) is 2. The van der Waals surface area contributed by atoms with Crippen LogP contribution in [0.4, 0.5) is 4.39 Å². The van der Waals surface area contributed by atoms with Crippen molar-refractivity contribution in [2.75, 3.05) is 6.54 Å². The zero-order valence-electron chi connectivity index (χ0n) is 10.4. The monoisotopic (exact) mass is 262 g/mol. The number of rotatable bonds is 1. The third kappa shape index (κ3) is 1.85. The number of hydrogen-bond acceptors (Lipinski definition) is 3. The van der Waals surface area contributed by atoms with E-state index in [0.29, 0.717) is 5.56 Å². The minimum atomic E-state index is -0.163. The van der Waals surface area contributed by atoms with Gasteiger partial charge in [0.25, 0.3) is 0 Å². The van der Waals surface area contributed by atoms with E-state index in [1.165, 1.54) is 6.07 Å². The van der Waals surface area contributed by atoms with Crippen molar-refractivity contribution >= 4 is 16.9 Å². The summed E-state index contributed by atoms with van der Waals surface area (Å²) in [5.41, 5.74) is 0.614. The topological polar surface area (TPSA) is 15.6 Å². The maximum atomic E-state index is 14.0. The van der Waals surface area contributed by atoms with Crippen LogP contribution in [-0.4, -0.2) is 16.6 Å². The van der Waals surface area contributed by atoms with Crippen molar-refractivity contribution in [1.82, 2.24) is 4.90 Å². The molecular formula is C14H15FN2S. The molecule has 18 heavy (non-hydrogen) atoms. The van der Waals surface area contributed by atoms with Crippen LogP contribution in [-0.2, 0) is 0 Å². The molecule has 0 saturated carbocycles. The van der Waals surface area contributed by atoms with Crippen LogP contribution in [0.1, 0.15) is 25.5 Å². The first-order valence-corrected chi connectivity index (χ1v) is 6.88. The standard InChI is InChI=1S/C14H15FN2S/c1-14(2)9-17-7-8-18-13(17)16-12(14)10-5-3-4-6-11(10)15/h3-8,12H,9H2,1-2H3. The van der Waals surface area contributed by atoms with Gasteiger partial charge >= 0.3 is 0 Å². The Morgan fingerprint density at radius 3 is 2.94 bits per heavy atom. The highest BCUT2D eigenvalue weighted by Gasteiger charge is 2.39. The molecule has 0 saturated heterocycles. The number of hydrogen-bond donors (Lipinski definition) is 0. The van der Waals surface area contributed by atoms with Crippen molar-refractivity contribution in [3.8, 4) is 0 Å². The van der Waals surface area contributed by atoms with Gasteiger partial charge in [0, 0.05) is 23.7 Å². The van der Waals surface area contributed by atoms with Crippen molar-refractivity contribution in [2.45, 2.75) is 19.9 Å². The Hall–Kier alpha value is -1.29. The van der Waals surface area contributed by atoms with Crippen molar-refractivity contribution in [2.24, 2.45) is 10.4 Å². The molecule has 4 heteroatoms. The van der Waals surface area contributed by atoms with Gasteiger partial charge in [0.2, 0.25) is 0 Å². The molecule has 2 heterocycles. The molecule has 0 amide bonds. The van der Waals surface area contributed by atoms with Gasteiger partial charge in [-0.1, -0.05) is 43.8 Å². The SMILES string of the molecule is CC1(C)CN2C=CSC2=NC1c1ccccc1F. The van der Waals surface area contributed by atoms with Crippen LogP contribution in [0.2, 0.25) is 0 Å². The predicted molar refractivity (Wildman–Crippen MR) is 73.8 cm³/mol. The fourth-order valence-electron chi connectivity index (χ4n) is 2.52. The molecule has 0 radical (unpaired) electrons. The van der Waals surface area contributed by atoms with Gasteiger partial charge in [0.05, 0.1) is 6.04 Å². The Morgan fingerprint density at radius 1 is 1.39 bits per heavy atom. The normalized spacial score (nSPS) is 24.9. The van der Waals surface area contributed by atoms with Gasteiger partial charge in [-0.2, -0.15) is 0 Å². The zero-order chi connectivity index (χ0) is 12.8. The number of halogens is 1. The maximum Gasteiger partial charge on any atom is 0.168 e. The number of thioether (sulfide) groups is 1. The van der Waals surface area contributed by atoms with E-state index < -0.39 is 0 Å². The molecule has 2 aliphatic rings. The molecule has 0 bridgehead atoms. The molecule has 2 aliphatic heterocycles. The highest BCUT2D eigenvalue weighted by atomic mass is 32.2. The first-order valence-electron chi connectivity index (χ1n) is 6.00. The van der Waals surface area contributed by atoms with Gasteiger partial charge in [0.15, 0.2) is 5.17 Å². The minimum absolute atomic E-state index is 0.0824. The van der Waals surface area contributed by atoms with E-state index in [1.807, 2.05) is 23.7 Å². The third-order valence-electron chi connectivity index (χ3n) is 3.42. The van der Waals surface area contributed by atoms with E-state index in [0.717, 1.165) is 11.7 Å². The van der Waals surface area contributed by atoms with Crippen LogP contribution in [0.15, 0.2) is 40.9 Å². The lowest BCUT2D eigenvalue weighted by molar-refractivity contribution is 0.219. The zero-order valence-corrected chi connectivity index (χ0v) is 11.2. The van der Waals surface area contributed by atoms with Crippen molar-refractivity contribution in [1.29, 1.82) is 0 Å². The molecule has 1 aromatic carbocycles. The van der Waals surface area contributed by atoms with E-state index in [9.17, 15) is 4.39 Å². The second-order valence-corrected chi connectivity index (χ2v) is 6.23. The van der Waals surface area contributed by atoms with Crippen molar-refractivity contribution in [3.63, 3.8) is 0 Å². The molecule has 0 fully saturated rings. The second-order valence-electron chi connectivity index (χ2n) is 5.36. The van der Waals surface area contributed by atoms with Gasteiger partial charge < -0.3 is 4.90 Å². The molecule has 3 rings (SSSR count). The smallest absolute Gasteiger partial charge is 0.168 e. The van der Waals surface area contributed by atoms with Crippen LogP contribution in [0.5, 0.6) is 0 Å². The third-order valence-corrected chi connectivity index (χ3v) is 4.23. The maximum absolute atomic E-state index is 14.0. The fraction of sp³-hybridized carbons (Fsp3) is 0.357. The summed E-state index contributed by atoms with van der Waals surface area (Å²) in [5.74, 6) is -0.163. The van der Waals surface area contributed by atoms with Gasteiger partial charge in [-0.25, -0.2) is 4.39 Å². The molecule has 1 atom stereocenters. The van der Waals surface area contributed by atoms with Gasteiger partial charge in [-0.05, 0) is 11.5 Å². The Labute approximate surface area is 111 Å². The summed E-state index contributed by atoms with van der Waals surface area (Å²) in [6.07, 6.45) is 2.04. The predicted octanol–water partition coefficient (Wildman–Crippen LogP) is 3.78. The summed E-state index contributed by atoms with van der Waals surface area (Å²) in [6, 6.07) is 6.84. The van der Waals surface area contributed by atoms with Gasteiger partial charge in [-0.3, -0.25) is 4.99 Å². The van der Waals surface area contributed by atoms with Crippen LogP contribution < -0.4 is 0 Å². The molecule has 94 valence electrons. The molecular weight excluding hydrogens is 247 g/mol. The van der Waals surface area contributed by atoms with Crippen molar-refractivity contribution in [3.05, 3.63) is 47.3 Å². The largest absolute Gasteiger partial charge is 0.326 e. The second kappa shape index (κ2) is 4.12. The molecule has 0 aromatic heterocycles. The van der Waals surface area contributed by atoms with E-state index in [2.05, 4.69) is 18.7 Å². The Bertz CT molecular complexity index is 536. The Kier molecular flexibility index (Phi) is 2.70. The van der Waals surface area contributed by atoms with Crippen LogP contribution in [0.25, 0.3) is 0 Å². The van der Waals surface area contributed by atoms with Crippen LogP contribution in [0, 0.1) is 11.2 Å². The Balaban J connectivity index is 2.05. The number of amidine groups is 1. The first kappa shape index (κ1) is 11.8. The minimum Gasteiger partial charge on any atom is -0.326 e. The summed E-state index contributed by atoms with van der Waals surface area (Å²) in [7, 11) is 0. The van der Waals surface area contributed by atoms with E-state index in [4.69, 9.17) is 4.99 Å². The lowest BCUT2D eigenvalue weighted by Crippen LogP contribution is -2.41. The van der Waals surface area contributed by atoms with Gasteiger partial charge in [-0.15, -0.1) is 0 Å². The number of benzene rings is 1. The average Bonchev–Trinajstić information content (AvgIpc) is 2.74. The van der Waals surface area contributed by atoms with Gasteiger partial charge in [0.1, 0.15) is 5.82 Å². The van der Waals surface area contributed by atoms with Crippen molar-refractivity contribution < 1.29 is 4.39 Å². The lowest BCUT2D eigenvalue weighted by atomic mass is 9.79. The molecule has 0 spiro atoms. The average molecular weight is 262 g/mol. The first-order chi connectivity index (χ1) is 8.58. The lowest BCUT2D eigenvalue weighted by Gasteiger charge is -2.40. The van der Waals surface area contributed by atoms with E-state index in [-0.39, 0.29) is 17.3 Å². The summed E-state index contributed by atoms with van der Waals surface area (Å²) in [5, 5.41) is 3.00. The molecule has 1 aromatic rings. The van der Waals surface area contributed by atoms with E-state index >= 15 is 0 Å². The highest BCUT2D eigenvalue weighted by Crippen LogP contribution is 2.44. The molecule has 2 nitrogen and oxygen atoms in total. The summed E-state index contributed by atoms with van der Waals surface area (Å²) in [6.45, 7) is 5.15. The number of aliphatic imine (C=N–C) groups is 1. The Morgan fingerprint density at radius 2 is 2.17 bits per heavy atom. The summed E-state index contributed by atoms with van der Waals surface area (Å²) in [4.78, 5) is 6.87.